The van der Waals surface area contributed by atoms with Gasteiger partial charge in [0.15, 0.2) is 0 Å². The average molecular weight is 255 g/mol. The largest absolute Gasteiger partial charge is 0.313 e. The van der Waals surface area contributed by atoms with E-state index >= 15 is 0 Å². The molecule has 0 saturated carbocycles. The maximum Gasteiger partial charge on any atom is 0.0568 e. The number of hydrogen-bond acceptors (Lipinski definition) is 2. The van der Waals surface area contributed by atoms with Gasteiger partial charge in [-0.3, -0.25) is 4.68 Å². The summed E-state index contributed by atoms with van der Waals surface area (Å²) in [6, 6.07) is 7.37. The molecule has 100 valence electrons. The van der Waals surface area contributed by atoms with Crippen LogP contribution in [0.4, 0.5) is 0 Å². The molecule has 2 aromatic rings. The first-order valence-corrected chi connectivity index (χ1v) is 7.14. The summed E-state index contributed by atoms with van der Waals surface area (Å²) in [6.45, 7) is 3.17. The third-order valence-electron chi connectivity index (χ3n) is 3.99. The molecule has 3 heteroatoms. The van der Waals surface area contributed by atoms with Crippen molar-refractivity contribution in [1.82, 2.24) is 15.1 Å². The van der Waals surface area contributed by atoms with Crippen molar-refractivity contribution in [3.8, 4) is 11.1 Å². The highest BCUT2D eigenvalue weighted by Gasteiger charge is 2.21. The van der Waals surface area contributed by atoms with Crippen molar-refractivity contribution >= 4 is 0 Å². The summed E-state index contributed by atoms with van der Waals surface area (Å²) >= 11 is 0. The van der Waals surface area contributed by atoms with Crippen LogP contribution in [0.1, 0.15) is 36.9 Å². The van der Waals surface area contributed by atoms with E-state index in [9.17, 15) is 0 Å². The molecule has 0 fully saturated rings. The smallest absolute Gasteiger partial charge is 0.0568 e. The van der Waals surface area contributed by atoms with Crippen molar-refractivity contribution in [3.05, 3.63) is 41.7 Å². The van der Waals surface area contributed by atoms with Crippen LogP contribution < -0.4 is 5.32 Å². The highest BCUT2D eigenvalue weighted by molar-refractivity contribution is 5.64. The first kappa shape index (κ1) is 12.4. The number of benzene rings is 1. The number of nitrogens with zero attached hydrogens (tertiary/aromatic N) is 2. The number of rotatable bonds is 4. The number of fused-ring (bicyclic) bond motifs is 1. The van der Waals surface area contributed by atoms with Gasteiger partial charge in [-0.2, -0.15) is 5.10 Å². The molecule has 19 heavy (non-hydrogen) atoms. The fourth-order valence-electron chi connectivity index (χ4n) is 2.96. The van der Waals surface area contributed by atoms with Gasteiger partial charge in [0.2, 0.25) is 0 Å². The average Bonchev–Trinajstić information content (AvgIpc) is 3.04. The molecule has 3 nitrogen and oxygen atoms in total. The minimum Gasteiger partial charge on any atom is -0.313 e. The first-order chi connectivity index (χ1) is 9.31. The topological polar surface area (TPSA) is 29.9 Å². The fourth-order valence-corrected chi connectivity index (χ4v) is 2.96. The summed E-state index contributed by atoms with van der Waals surface area (Å²) < 4.78 is 2.03. The maximum atomic E-state index is 4.41. The van der Waals surface area contributed by atoms with Gasteiger partial charge in [-0.05, 0) is 43.0 Å². The van der Waals surface area contributed by atoms with E-state index in [1.807, 2.05) is 17.9 Å². The predicted molar refractivity (Wildman–Crippen MR) is 78.1 cm³/mol. The van der Waals surface area contributed by atoms with Crippen molar-refractivity contribution in [3.63, 3.8) is 0 Å². The Hall–Kier alpha value is -1.61. The third kappa shape index (κ3) is 2.30. The summed E-state index contributed by atoms with van der Waals surface area (Å²) in [7, 11) is 2.04. The SMILES string of the molecule is CCCn1cc(-c2ccc3c(c2)CCC3NC)cn1. The summed E-state index contributed by atoms with van der Waals surface area (Å²) in [5, 5.41) is 7.80. The Balaban J connectivity index is 1.89. The van der Waals surface area contributed by atoms with Crippen molar-refractivity contribution in [1.29, 1.82) is 0 Å². The van der Waals surface area contributed by atoms with Crippen LogP contribution in [0.2, 0.25) is 0 Å². The number of aryl methyl sites for hydroxylation is 2. The Labute approximate surface area is 114 Å². The minimum absolute atomic E-state index is 0.534. The Bertz CT molecular complexity index is 571. The molecule has 1 aliphatic carbocycles. The summed E-state index contributed by atoms with van der Waals surface area (Å²) in [6.07, 6.45) is 7.63. The van der Waals surface area contributed by atoms with E-state index in [1.54, 1.807) is 0 Å². The van der Waals surface area contributed by atoms with Gasteiger partial charge < -0.3 is 5.32 Å². The molecule has 1 aromatic heterocycles. The molecule has 0 spiro atoms. The summed E-state index contributed by atoms with van der Waals surface area (Å²) in [5.74, 6) is 0. The zero-order chi connectivity index (χ0) is 13.2. The third-order valence-corrected chi connectivity index (χ3v) is 3.99. The molecule has 0 radical (unpaired) electrons. The Morgan fingerprint density at radius 1 is 1.37 bits per heavy atom. The van der Waals surface area contributed by atoms with Crippen LogP contribution in [0.3, 0.4) is 0 Å². The van der Waals surface area contributed by atoms with Crippen molar-refractivity contribution in [2.75, 3.05) is 7.05 Å². The van der Waals surface area contributed by atoms with E-state index in [1.165, 1.54) is 35.1 Å². The lowest BCUT2D eigenvalue weighted by molar-refractivity contribution is 0.590. The summed E-state index contributed by atoms with van der Waals surface area (Å²) in [5.41, 5.74) is 5.47. The van der Waals surface area contributed by atoms with Crippen molar-refractivity contribution in [2.45, 2.75) is 38.8 Å². The molecule has 1 atom stereocenters. The van der Waals surface area contributed by atoms with Gasteiger partial charge in [-0.1, -0.05) is 25.1 Å². The van der Waals surface area contributed by atoms with Crippen LogP contribution in [-0.2, 0) is 13.0 Å². The Kier molecular flexibility index (Phi) is 3.38. The molecular weight excluding hydrogens is 234 g/mol. The second-order valence-electron chi connectivity index (χ2n) is 5.29. The van der Waals surface area contributed by atoms with Crippen LogP contribution in [-0.4, -0.2) is 16.8 Å². The highest BCUT2D eigenvalue weighted by Crippen LogP contribution is 2.33. The Morgan fingerprint density at radius 3 is 3.05 bits per heavy atom. The van der Waals surface area contributed by atoms with Crippen LogP contribution in [0.5, 0.6) is 0 Å². The monoisotopic (exact) mass is 255 g/mol. The molecule has 1 unspecified atom stereocenters. The van der Waals surface area contributed by atoms with Gasteiger partial charge in [0.25, 0.3) is 0 Å². The molecule has 3 rings (SSSR count). The molecule has 1 aromatic carbocycles. The van der Waals surface area contributed by atoms with E-state index in [0.29, 0.717) is 6.04 Å². The molecule has 0 amide bonds. The predicted octanol–water partition coefficient (Wildman–Crippen LogP) is 3.17. The summed E-state index contributed by atoms with van der Waals surface area (Å²) in [4.78, 5) is 0. The second-order valence-corrected chi connectivity index (χ2v) is 5.29. The van der Waals surface area contributed by atoms with Gasteiger partial charge >= 0.3 is 0 Å². The first-order valence-electron chi connectivity index (χ1n) is 7.14. The van der Waals surface area contributed by atoms with E-state index in [2.05, 4.69) is 41.7 Å². The molecule has 1 aliphatic rings. The molecule has 0 saturated heterocycles. The second kappa shape index (κ2) is 5.17. The molecule has 0 aliphatic heterocycles. The van der Waals surface area contributed by atoms with E-state index in [-0.39, 0.29) is 0 Å². The number of nitrogens with one attached hydrogen (secondary N) is 1. The van der Waals surface area contributed by atoms with Crippen molar-refractivity contribution in [2.24, 2.45) is 0 Å². The number of aromatic nitrogens is 2. The lowest BCUT2D eigenvalue weighted by Gasteiger charge is -2.10. The maximum absolute atomic E-state index is 4.41. The van der Waals surface area contributed by atoms with Gasteiger partial charge in [-0.15, -0.1) is 0 Å². The molecule has 1 N–H and O–H groups in total. The quantitative estimate of drug-likeness (QED) is 0.909. The normalized spacial score (nSPS) is 17.7. The molecule has 0 bridgehead atoms. The minimum atomic E-state index is 0.534. The molecular formula is C16H21N3. The van der Waals surface area contributed by atoms with Crippen LogP contribution in [0.25, 0.3) is 11.1 Å². The van der Waals surface area contributed by atoms with Crippen molar-refractivity contribution < 1.29 is 0 Å². The van der Waals surface area contributed by atoms with Gasteiger partial charge in [0, 0.05) is 24.3 Å². The van der Waals surface area contributed by atoms with E-state index in [4.69, 9.17) is 0 Å². The fraction of sp³-hybridized carbons (Fsp3) is 0.438. The van der Waals surface area contributed by atoms with Crippen LogP contribution in [0.15, 0.2) is 30.6 Å². The lowest BCUT2D eigenvalue weighted by atomic mass is 10.0. The van der Waals surface area contributed by atoms with E-state index in [0.717, 1.165) is 13.0 Å². The standard InChI is InChI=1S/C16H21N3/c1-3-8-19-11-14(10-18-19)12-4-6-15-13(9-12)5-7-16(15)17-2/h4,6,9-11,16-17H,3,5,7-8H2,1-2H3. The Morgan fingerprint density at radius 2 is 2.26 bits per heavy atom. The zero-order valence-electron chi connectivity index (χ0n) is 11.7. The van der Waals surface area contributed by atoms with Gasteiger partial charge in [0.05, 0.1) is 6.20 Å². The van der Waals surface area contributed by atoms with Crippen LogP contribution in [0, 0.1) is 0 Å². The zero-order valence-corrected chi connectivity index (χ0v) is 11.7. The van der Waals surface area contributed by atoms with Gasteiger partial charge in [0.1, 0.15) is 0 Å². The molecule has 1 heterocycles. The number of hydrogen-bond donors (Lipinski definition) is 1. The van der Waals surface area contributed by atoms with Gasteiger partial charge in [-0.25, -0.2) is 0 Å². The highest BCUT2D eigenvalue weighted by atomic mass is 15.3. The lowest BCUT2D eigenvalue weighted by Crippen LogP contribution is -2.12. The van der Waals surface area contributed by atoms with E-state index < -0.39 is 0 Å². The van der Waals surface area contributed by atoms with Crippen LogP contribution >= 0.6 is 0 Å².